The van der Waals surface area contributed by atoms with Gasteiger partial charge in [-0.2, -0.15) is 0 Å². The van der Waals surface area contributed by atoms with Crippen molar-refractivity contribution in [2.75, 3.05) is 32.6 Å². The Bertz CT molecular complexity index is 361. The zero-order valence-electron chi connectivity index (χ0n) is 11.5. The minimum absolute atomic E-state index is 0.462. The maximum atomic E-state index is 10.2. The second-order valence-corrected chi connectivity index (χ2v) is 4.94. The molecule has 1 unspecified atom stereocenters. The van der Waals surface area contributed by atoms with Crippen LogP contribution in [0.25, 0.3) is 0 Å². The summed E-state index contributed by atoms with van der Waals surface area (Å²) in [5.41, 5.74) is 3.34. The van der Waals surface area contributed by atoms with Crippen LogP contribution in [0.15, 0.2) is 18.2 Å². The number of nitrogens with zero attached hydrogens (tertiary/aromatic N) is 1. The molecule has 0 aliphatic rings. The summed E-state index contributed by atoms with van der Waals surface area (Å²) in [6.07, 6.45) is -0.462. The molecule has 0 amide bonds. The molecule has 0 spiro atoms. The lowest BCUT2D eigenvalue weighted by Crippen LogP contribution is -2.20. The second kappa shape index (κ2) is 6.03. The highest BCUT2D eigenvalue weighted by Crippen LogP contribution is 2.28. The summed E-state index contributed by atoms with van der Waals surface area (Å²) in [7, 11) is 5.85. The number of nitrogens with one attached hydrogen (secondary N) is 1. The van der Waals surface area contributed by atoms with E-state index in [1.807, 2.05) is 26.0 Å². The van der Waals surface area contributed by atoms with E-state index < -0.39 is 6.10 Å². The van der Waals surface area contributed by atoms with E-state index in [0.29, 0.717) is 12.5 Å². The highest BCUT2D eigenvalue weighted by molar-refractivity contribution is 5.55. The normalized spacial score (nSPS) is 12.9. The average Bonchev–Trinajstić information content (AvgIpc) is 2.28. The first-order chi connectivity index (χ1) is 7.97. The fourth-order valence-corrected chi connectivity index (χ4v) is 1.91. The van der Waals surface area contributed by atoms with Crippen LogP contribution in [-0.4, -0.2) is 32.8 Å². The van der Waals surface area contributed by atoms with Crippen molar-refractivity contribution in [1.82, 2.24) is 5.32 Å². The largest absolute Gasteiger partial charge is 0.387 e. The predicted molar refractivity (Wildman–Crippen MR) is 73.7 cm³/mol. The summed E-state index contributed by atoms with van der Waals surface area (Å²) >= 11 is 0. The number of anilines is 1. The molecule has 0 bridgehead atoms. The molecule has 1 atom stereocenters. The third kappa shape index (κ3) is 3.45. The Balaban J connectivity index is 3.15. The molecule has 0 fully saturated rings. The van der Waals surface area contributed by atoms with Crippen molar-refractivity contribution in [2.24, 2.45) is 0 Å². The SMILES string of the molecule is CNCC(O)c1cc(C(C)C)ccc1N(C)C. The van der Waals surface area contributed by atoms with Crippen molar-refractivity contribution < 1.29 is 5.11 Å². The summed E-state index contributed by atoms with van der Waals surface area (Å²) in [5.74, 6) is 0.478. The monoisotopic (exact) mass is 236 g/mol. The lowest BCUT2D eigenvalue weighted by molar-refractivity contribution is 0.178. The molecule has 0 aromatic heterocycles. The van der Waals surface area contributed by atoms with Crippen molar-refractivity contribution in [2.45, 2.75) is 25.9 Å². The third-order valence-electron chi connectivity index (χ3n) is 2.96. The Morgan fingerprint density at radius 3 is 2.41 bits per heavy atom. The lowest BCUT2D eigenvalue weighted by atomic mass is 9.96. The molecule has 3 nitrogen and oxygen atoms in total. The Labute approximate surface area is 104 Å². The van der Waals surface area contributed by atoms with Gasteiger partial charge in [-0.05, 0) is 24.6 Å². The third-order valence-corrected chi connectivity index (χ3v) is 2.96. The average molecular weight is 236 g/mol. The van der Waals surface area contributed by atoms with Gasteiger partial charge in [0.25, 0.3) is 0 Å². The molecular formula is C14H24N2O. The first kappa shape index (κ1) is 14.0. The number of hydrogen-bond donors (Lipinski definition) is 2. The number of aliphatic hydroxyl groups is 1. The van der Waals surface area contributed by atoms with Crippen molar-refractivity contribution in [3.8, 4) is 0 Å². The summed E-state index contributed by atoms with van der Waals surface area (Å²) in [5, 5.41) is 13.2. The van der Waals surface area contributed by atoms with E-state index in [1.54, 1.807) is 0 Å². The standard InChI is InChI=1S/C14H24N2O/c1-10(2)11-6-7-13(16(4)5)12(8-11)14(17)9-15-3/h6-8,10,14-15,17H,9H2,1-5H3. The van der Waals surface area contributed by atoms with E-state index in [-0.39, 0.29) is 0 Å². The molecule has 1 aromatic rings. The van der Waals surface area contributed by atoms with Gasteiger partial charge in [0.15, 0.2) is 0 Å². The Morgan fingerprint density at radius 2 is 1.94 bits per heavy atom. The van der Waals surface area contributed by atoms with Crippen LogP contribution in [0.4, 0.5) is 5.69 Å². The molecule has 0 aliphatic carbocycles. The molecule has 0 aliphatic heterocycles. The first-order valence-corrected chi connectivity index (χ1v) is 6.11. The van der Waals surface area contributed by atoms with Crippen LogP contribution in [0.1, 0.15) is 37.0 Å². The highest BCUT2D eigenvalue weighted by atomic mass is 16.3. The second-order valence-electron chi connectivity index (χ2n) is 4.94. The van der Waals surface area contributed by atoms with E-state index in [0.717, 1.165) is 11.3 Å². The van der Waals surface area contributed by atoms with Crippen molar-refractivity contribution >= 4 is 5.69 Å². The molecule has 1 aromatic carbocycles. The number of hydrogen-bond acceptors (Lipinski definition) is 3. The van der Waals surface area contributed by atoms with Crippen molar-refractivity contribution in [3.63, 3.8) is 0 Å². The summed E-state index contributed by atoms with van der Waals surface area (Å²) < 4.78 is 0. The molecule has 1 rings (SSSR count). The van der Waals surface area contributed by atoms with Crippen LogP contribution < -0.4 is 10.2 Å². The van der Waals surface area contributed by atoms with Gasteiger partial charge in [-0.3, -0.25) is 0 Å². The Morgan fingerprint density at radius 1 is 1.29 bits per heavy atom. The quantitative estimate of drug-likeness (QED) is 0.822. The number of aliphatic hydroxyl groups excluding tert-OH is 1. The predicted octanol–water partition coefficient (Wildman–Crippen LogP) is 2.13. The van der Waals surface area contributed by atoms with Crippen LogP contribution in [0.3, 0.4) is 0 Å². The maximum absolute atomic E-state index is 10.2. The minimum Gasteiger partial charge on any atom is -0.387 e. The zero-order chi connectivity index (χ0) is 13.0. The van der Waals surface area contributed by atoms with Crippen LogP contribution in [0.2, 0.25) is 0 Å². The van der Waals surface area contributed by atoms with Gasteiger partial charge in [0.1, 0.15) is 0 Å². The van der Waals surface area contributed by atoms with Gasteiger partial charge in [-0.1, -0.05) is 26.0 Å². The fraction of sp³-hybridized carbons (Fsp3) is 0.571. The molecule has 0 saturated carbocycles. The van der Waals surface area contributed by atoms with Gasteiger partial charge < -0.3 is 15.3 Å². The summed E-state index contributed by atoms with van der Waals surface area (Å²) in [6, 6.07) is 6.33. The van der Waals surface area contributed by atoms with Gasteiger partial charge in [0.05, 0.1) is 6.10 Å². The fourth-order valence-electron chi connectivity index (χ4n) is 1.91. The van der Waals surface area contributed by atoms with Gasteiger partial charge in [-0.25, -0.2) is 0 Å². The van der Waals surface area contributed by atoms with Crippen LogP contribution in [0.5, 0.6) is 0 Å². The van der Waals surface area contributed by atoms with E-state index in [1.165, 1.54) is 5.56 Å². The maximum Gasteiger partial charge on any atom is 0.0934 e. The Hall–Kier alpha value is -1.06. The van der Waals surface area contributed by atoms with E-state index in [4.69, 9.17) is 0 Å². The van der Waals surface area contributed by atoms with Crippen LogP contribution >= 0.6 is 0 Å². The molecular weight excluding hydrogens is 212 g/mol. The number of benzene rings is 1. The lowest BCUT2D eigenvalue weighted by Gasteiger charge is -2.22. The first-order valence-electron chi connectivity index (χ1n) is 6.11. The highest BCUT2D eigenvalue weighted by Gasteiger charge is 2.14. The van der Waals surface area contributed by atoms with Crippen molar-refractivity contribution in [3.05, 3.63) is 29.3 Å². The Kier molecular flexibility index (Phi) is 4.97. The van der Waals surface area contributed by atoms with Crippen molar-refractivity contribution in [1.29, 1.82) is 0 Å². The molecule has 17 heavy (non-hydrogen) atoms. The van der Waals surface area contributed by atoms with E-state index in [2.05, 4.69) is 37.4 Å². The van der Waals surface area contributed by atoms with Crippen LogP contribution in [-0.2, 0) is 0 Å². The summed E-state index contributed by atoms with van der Waals surface area (Å²) in [4.78, 5) is 2.04. The minimum atomic E-state index is -0.462. The van der Waals surface area contributed by atoms with Gasteiger partial charge in [0.2, 0.25) is 0 Å². The zero-order valence-corrected chi connectivity index (χ0v) is 11.5. The summed E-state index contributed by atoms with van der Waals surface area (Å²) in [6.45, 7) is 4.90. The van der Waals surface area contributed by atoms with Crippen LogP contribution in [0, 0.1) is 0 Å². The number of rotatable bonds is 5. The van der Waals surface area contributed by atoms with Gasteiger partial charge in [0, 0.05) is 31.9 Å². The van der Waals surface area contributed by atoms with E-state index >= 15 is 0 Å². The molecule has 0 saturated heterocycles. The van der Waals surface area contributed by atoms with Gasteiger partial charge >= 0.3 is 0 Å². The van der Waals surface area contributed by atoms with E-state index in [9.17, 15) is 5.11 Å². The molecule has 96 valence electrons. The molecule has 2 N–H and O–H groups in total. The molecule has 0 heterocycles. The molecule has 3 heteroatoms. The van der Waals surface area contributed by atoms with Gasteiger partial charge in [-0.15, -0.1) is 0 Å². The smallest absolute Gasteiger partial charge is 0.0934 e. The molecule has 0 radical (unpaired) electrons. The topological polar surface area (TPSA) is 35.5 Å². The number of likely N-dealkylation sites (N-methyl/N-ethyl adjacent to an activating group) is 1.